The van der Waals surface area contributed by atoms with Crippen molar-refractivity contribution in [1.29, 1.82) is 0 Å². The van der Waals surface area contributed by atoms with Gasteiger partial charge in [0.05, 0.1) is 13.2 Å². The second kappa shape index (κ2) is 61.7. The van der Waals surface area contributed by atoms with Gasteiger partial charge in [-0.25, -0.2) is 0 Å². The molecule has 0 amide bonds. The lowest BCUT2D eigenvalue weighted by Gasteiger charge is -2.26. The van der Waals surface area contributed by atoms with Gasteiger partial charge >= 0.3 is 0 Å². The van der Waals surface area contributed by atoms with Crippen molar-refractivity contribution in [3.05, 3.63) is 68.0 Å². The van der Waals surface area contributed by atoms with E-state index >= 15 is 0 Å². The zero-order valence-electron chi connectivity index (χ0n) is 66.7. The van der Waals surface area contributed by atoms with Gasteiger partial charge in [0.1, 0.15) is 11.5 Å². The SMILES string of the molecule is CCCCCCCCCCCCOc1c(-c2ccc(CCCCCCCCCCCC)s2)c(-c2ccc(CCCCCCCCCCCC)s2)c(OCCCCCCCCCCCC)c(-c2ccc(CCCCCCCCCCCC)s2)c1-c1ccc(CCCCCCCCCCCC)s1. The number of hydrogen-bond donors (Lipinski definition) is 0. The highest BCUT2D eigenvalue weighted by molar-refractivity contribution is 7.17. The minimum atomic E-state index is 0.741. The van der Waals surface area contributed by atoms with Crippen LogP contribution in [0.1, 0.15) is 446 Å². The van der Waals surface area contributed by atoms with Crippen molar-refractivity contribution < 1.29 is 9.47 Å². The Morgan fingerprint density at radius 3 is 0.500 bits per heavy atom. The summed E-state index contributed by atoms with van der Waals surface area (Å²) in [6.45, 7) is 15.5. The van der Waals surface area contributed by atoms with Gasteiger partial charge in [-0.2, -0.15) is 0 Å². The van der Waals surface area contributed by atoms with Crippen molar-refractivity contribution in [1.82, 2.24) is 0 Å². The topological polar surface area (TPSA) is 18.5 Å². The maximum Gasteiger partial charge on any atom is 0.138 e. The molecule has 0 radical (unpaired) electrons. The number of rotatable bonds is 72. The first-order valence-corrected chi connectivity index (χ1v) is 47.7. The van der Waals surface area contributed by atoms with Gasteiger partial charge in [-0.05, 0) is 113 Å². The summed E-state index contributed by atoms with van der Waals surface area (Å²) in [5.74, 6) is 2.25. The fourth-order valence-corrected chi connectivity index (χ4v) is 19.6. The Labute approximate surface area is 637 Å². The molecule has 1 aromatic carbocycles. The Morgan fingerprint density at radius 2 is 0.330 bits per heavy atom. The van der Waals surface area contributed by atoms with Crippen molar-refractivity contribution in [2.24, 2.45) is 0 Å². The Balaban J connectivity index is 1.63. The maximum absolute atomic E-state index is 7.85. The highest BCUT2D eigenvalue weighted by Gasteiger charge is 2.33. The summed E-state index contributed by atoms with van der Waals surface area (Å²) < 4.78 is 15.7. The van der Waals surface area contributed by atoms with E-state index in [4.69, 9.17) is 9.47 Å². The molecule has 5 aromatic rings. The Bertz CT molecular complexity index is 2300. The molecule has 5 rings (SSSR count). The Morgan fingerprint density at radius 1 is 0.180 bits per heavy atom. The molecule has 0 aliphatic rings. The molecule has 0 fully saturated rings. The van der Waals surface area contributed by atoms with Crippen LogP contribution in [0.25, 0.3) is 41.8 Å². The summed E-state index contributed by atoms with van der Waals surface area (Å²) in [7, 11) is 0. The number of thiophene rings is 4. The van der Waals surface area contributed by atoms with Crippen molar-refractivity contribution in [3.63, 3.8) is 0 Å². The van der Waals surface area contributed by atoms with Gasteiger partial charge in [0.15, 0.2) is 0 Å². The number of unbranched alkanes of at least 4 members (excludes halogenated alkanes) is 54. The molecule has 0 aliphatic carbocycles. The molecule has 570 valence electrons. The van der Waals surface area contributed by atoms with Crippen molar-refractivity contribution in [3.8, 4) is 53.3 Å². The fraction of sp³-hybridized carbons (Fsp3) is 0.766. The summed E-state index contributed by atoms with van der Waals surface area (Å²) in [6, 6.07) is 20.2. The molecular weight excluding hydrogens is 1290 g/mol. The van der Waals surface area contributed by atoms with Crippen LogP contribution in [0, 0.1) is 0 Å². The highest BCUT2D eigenvalue weighted by atomic mass is 32.1. The molecule has 100 heavy (non-hydrogen) atoms. The molecule has 0 saturated carbocycles. The van der Waals surface area contributed by atoms with Gasteiger partial charge in [0, 0.05) is 61.3 Å². The van der Waals surface area contributed by atoms with Gasteiger partial charge in [-0.15, -0.1) is 45.3 Å². The van der Waals surface area contributed by atoms with E-state index in [0.717, 1.165) is 63.2 Å². The minimum Gasteiger partial charge on any atom is -0.492 e. The van der Waals surface area contributed by atoms with E-state index in [-0.39, 0.29) is 0 Å². The number of hydrogen-bond acceptors (Lipinski definition) is 6. The molecule has 0 spiro atoms. The van der Waals surface area contributed by atoms with E-state index in [9.17, 15) is 0 Å². The van der Waals surface area contributed by atoms with E-state index in [0.29, 0.717) is 0 Å². The van der Waals surface area contributed by atoms with E-state index in [1.807, 2.05) is 0 Å². The summed E-state index contributed by atoms with van der Waals surface area (Å²) in [4.78, 5) is 11.6. The molecule has 0 saturated heterocycles. The molecular formula is C94H158O2S4. The third-order valence-electron chi connectivity index (χ3n) is 21.6. The lowest BCUT2D eigenvalue weighted by molar-refractivity contribution is 0.300. The average Bonchev–Trinajstić information content (AvgIpc) is 1.31. The third kappa shape index (κ3) is 39.3. The van der Waals surface area contributed by atoms with Crippen LogP contribution >= 0.6 is 45.3 Å². The first kappa shape index (κ1) is 88.2. The first-order valence-electron chi connectivity index (χ1n) is 44.4. The van der Waals surface area contributed by atoms with Crippen LogP contribution in [0.3, 0.4) is 0 Å². The molecule has 0 N–H and O–H groups in total. The van der Waals surface area contributed by atoms with Crippen molar-refractivity contribution in [2.45, 2.75) is 452 Å². The van der Waals surface area contributed by atoms with Crippen LogP contribution in [-0.4, -0.2) is 13.2 Å². The van der Waals surface area contributed by atoms with E-state index in [1.54, 1.807) is 0 Å². The van der Waals surface area contributed by atoms with Crippen molar-refractivity contribution in [2.75, 3.05) is 13.2 Å². The molecule has 4 heterocycles. The monoisotopic (exact) mass is 1450 g/mol. The first-order chi connectivity index (χ1) is 49.6. The summed E-state index contributed by atoms with van der Waals surface area (Å²) >= 11 is 8.29. The van der Waals surface area contributed by atoms with Gasteiger partial charge < -0.3 is 9.47 Å². The van der Waals surface area contributed by atoms with Crippen LogP contribution in [0.4, 0.5) is 0 Å². The second-order valence-corrected chi connectivity index (χ2v) is 35.7. The second-order valence-electron chi connectivity index (χ2n) is 31.0. The number of benzene rings is 1. The number of ether oxygens (including phenoxy) is 2. The molecule has 2 nitrogen and oxygen atoms in total. The predicted octanol–water partition coefficient (Wildman–Crippen LogP) is 35.1. The van der Waals surface area contributed by atoms with Crippen LogP contribution in [0.2, 0.25) is 0 Å². The van der Waals surface area contributed by atoms with Crippen molar-refractivity contribution >= 4 is 45.3 Å². The van der Waals surface area contributed by atoms with E-state index < -0.39 is 0 Å². The van der Waals surface area contributed by atoms with Crippen LogP contribution in [-0.2, 0) is 25.7 Å². The molecule has 0 aliphatic heterocycles. The molecule has 0 unspecified atom stereocenters. The Kier molecular flexibility index (Phi) is 54.5. The summed E-state index contributed by atoms with van der Waals surface area (Å²) in [5, 5.41) is 0. The van der Waals surface area contributed by atoms with E-state index in [1.165, 1.54) is 434 Å². The highest BCUT2D eigenvalue weighted by Crippen LogP contribution is 2.60. The standard InChI is InChI=1S/C94H158O2S4/c1-7-13-19-25-31-37-43-49-55-61-67-81-71-75-85(97-81)89-90(86-76-72-82(98-86)68-62-56-50-44-38-32-26-20-14-8-2)94(96-80-66-60-54-48-42-36-30-24-18-12-6)92(88-78-74-84(100-88)70-64-58-52-46-40-34-28-22-16-10-4)91(93(89)95-79-65-59-53-47-41-35-29-23-17-11-5)87-77-73-83(99-87)69-63-57-51-45-39-33-27-21-15-9-3/h71-78H,7-70,79-80H2,1-6H3. The van der Waals surface area contributed by atoms with Crippen LogP contribution in [0.15, 0.2) is 48.5 Å². The van der Waals surface area contributed by atoms with Gasteiger partial charge in [0.2, 0.25) is 0 Å². The third-order valence-corrected chi connectivity index (χ3v) is 26.3. The average molecular weight is 1450 g/mol. The van der Waals surface area contributed by atoms with Gasteiger partial charge in [-0.1, -0.05) is 388 Å². The molecule has 4 aromatic heterocycles. The van der Waals surface area contributed by atoms with E-state index in [2.05, 4.69) is 135 Å². The fourth-order valence-electron chi connectivity index (χ4n) is 15.2. The number of aryl methyl sites for hydroxylation is 4. The quantitative estimate of drug-likeness (QED) is 0.0361. The summed E-state index contributed by atoms with van der Waals surface area (Å²) in [5.41, 5.74) is 5.23. The smallest absolute Gasteiger partial charge is 0.138 e. The zero-order chi connectivity index (χ0) is 70.7. The summed E-state index contributed by atoms with van der Waals surface area (Å²) in [6.07, 6.45) is 86.0. The Hall–Kier alpha value is -2.38. The largest absolute Gasteiger partial charge is 0.492 e. The van der Waals surface area contributed by atoms with Gasteiger partial charge in [0.25, 0.3) is 0 Å². The van der Waals surface area contributed by atoms with Gasteiger partial charge in [-0.3, -0.25) is 0 Å². The maximum atomic E-state index is 7.85. The zero-order valence-corrected chi connectivity index (χ0v) is 70.0. The normalized spacial score (nSPS) is 11.7. The minimum absolute atomic E-state index is 0.741. The van der Waals surface area contributed by atoms with Crippen LogP contribution in [0.5, 0.6) is 11.5 Å². The molecule has 0 atom stereocenters. The van der Waals surface area contributed by atoms with Crippen LogP contribution < -0.4 is 9.47 Å². The molecule has 0 bridgehead atoms. The predicted molar refractivity (Wildman–Crippen MR) is 457 cm³/mol. The molecule has 6 heteroatoms. The lowest BCUT2D eigenvalue weighted by atomic mass is 9.91. The lowest BCUT2D eigenvalue weighted by Crippen LogP contribution is -2.07.